The van der Waals surface area contributed by atoms with Gasteiger partial charge in [-0.3, -0.25) is 9.78 Å². The summed E-state index contributed by atoms with van der Waals surface area (Å²) in [5, 5.41) is 3.28. The second kappa shape index (κ2) is 4.84. The summed E-state index contributed by atoms with van der Waals surface area (Å²) < 4.78 is 0. The number of rotatable bonds is 2. The third kappa shape index (κ3) is 2.82. The number of hydrogen-bond donors (Lipinski definition) is 1. The lowest BCUT2D eigenvalue weighted by Gasteiger charge is -2.29. The van der Waals surface area contributed by atoms with Gasteiger partial charge in [-0.15, -0.1) is 0 Å². The zero-order valence-corrected chi connectivity index (χ0v) is 10.4. The fourth-order valence-corrected chi connectivity index (χ4v) is 2.11. The Morgan fingerprint density at radius 2 is 2.35 bits per heavy atom. The lowest BCUT2D eigenvalue weighted by molar-refractivity contribution is -0.136. The maximum Gasteiger partial charge on any atom is 0.242 e. The van der Waals surface area contributed by atoms with E-state index in [1.54, 1.807) is 6.20 Å². The molecule has 1 fully saturated rings. The van der Waals surface area contributed by atoms with Gasteiger partial charge in [-0.05, 0) is 38.4 Å². The fraction of sp³-hybridized carbons (Fsp3) is 0.538. The molecule has 1 aromatic heterocycles. The largest absolute Gasteiger partial charge is 0.337 e. The summed E-state index contributed by atoms with van der Waals surface area (Å²) in [5.41, 5.74) is 0.622. The van der Waals surface area contributed by atoms with Gasteiger partial charge in [-0.2, -0.15) is 0 Å². The van der Waals surface area contributed by atoms with Crippen LogP contribution in [0.3, 0.4) is 0 Å². The van der Waals surface area contributed by atoms with E-state index in [-0.39, 0.29) is 5.91 Å². The molecule has 17 heavy (non-hydrogen) atoms. The van der Waals surface area contributed by atoms with E-state index >= 15 is 0 Å². The van der Waals surface area contributed by atoms with Gasteiger partial charge in [0.15, 0.2) is 0 Å². The second-order valence-electron chi connectivity index (χ2n) is 4.99. The predicted molar refractivity (Wildman–Crippen MR) is 66.4 cm³/mol. The zero-order chi connectivity index (χ0) is 12.3. The van der Waals surface area contributed by atoms with E-state index in [0.29, 0.717) is 6.54 Å². The van der Waals surface area contributed by atoms with Gasteiger partial charge in [0.1, 0.15) is 0 Å². The first-order valence-electron chi connectivity index (χ1n) is 6.03. The summed E-state index contributed by atoms with van der Waals surface area (Å²) in [6.45, 7) is 6.23. The maximum atomic E-state index is 12.3. The van der Waals surface area contributed by atoms with Crippen molar-refractivity contribution in [3.8, 4) is 0 Å². The van der Waals surface area contributed by atoms with Gasteiger partial charge in [-0.25, -0.2) is 0 Å². The Morgan fingerprint density at radius 3 is 3.06 bits per heavy atom. The monoisotopic (exact) mass is 233 g/mol. The van der Waals surface area contributed by atoms with E-state index in [4.69, 9.17) is 0 Å². The molecule has 4 heteroatoms. The summed E-state index contributed by atoms with van der Waals surface area (Å²) in [6, 6.07) is 3.91. The van der Waals surface area contributed by atoms with Crippen LogP contribution in [0.2, 0.25) is 0 Å². The van der Waals surface area contributed by atoms with Crippen LogP contribution in [0.1, 0.15) is 25.8 Å². The molecule has 0 aromatic carbocycles. The third-order valence-corrected chi connectivity index (χ3v) is 3.09. The summed E-state index contributed by atoms with van der Waals surface area (Å²) in [7, 11) is 0. The first-order valence-corrected chi connectivity index (χ1v) is 6.03. The van der Waals surface area contributed by atoms with Crippen LogP contribution in [0.25, 0.3) is 0 Å². The van der Waals surface area contributed by atoms with Crippen LogP contribution in [0.4, 0.5) is 0 Å². The minimum Gasteiger partial charge on any atom is -0.337 e. The van der Waals surface area contributed by atoms with Gasteiger partial charge in [0.2, 0.25) is 5.91 Å². The summed E-state index contributed by atoms with van der Waals surface area (Å²) >= 11 is 0. The highest BCUT2D eigenvalue weighted by molar-refractivity contribution is 5.85. The van der Waals surface area contributed by atoms with Gasteiger partial charge in [0, 0.05) is 25.5 Å². The molecule has 0 saturated carbocycles. The number of carbonyl (C=O) groups is 1. The predicted octanol–water partition coefficient (Wildman–Crippen LogP) is 1.18. The minimum absolute atomic E-state index is 0.166. The van der Waals surface area contributed by atoms with Gasteiger partial charge in [-0.1, -0.05) is 6.07 Å². The minimum atomic E-state index is -0.460. The van der Waals surface area contributed by atoms with Gasteiger partial charge < -0.3 is 10.2 Å². The average molecular weight is 233 g/mol. The molecule has 0 radical (unpaired) electrons. The smallest absolute Gasteiger partial charge is 0.242 e. The molecule has 4 nitrogen and oxygen atoms in total. The van der Waals surface area contributed by atoms with Crippen molar-refractivity contribution in [2.45, 2.75) is 32.4 Å². The fourth-order valence-electron chi connectivity index (χ4n) is 2.11. The summed E-state index contributed by atoms with van der Waals surface area (Å²) in [6.07, 6.45) is 4.56. The summed E-state index contributed by atoms with van der Waals surface area (Å²) in [5.74, 6) is 0.166. The molecule has 0 spiro atoms. The molecule has 0 atom stereocenters. The molecular formula is C13H19N3O. The number of aromatic nitrogens is 1. The molecule has 1 aromatic rings. The van der Waals surface area contributed by atoms with Crippen molar-refractivity contribution in [3.05, 3.63) is 30.1 Å². The second-order valence-corrected chi connectivity index (χ2v) is 4.99. The highest BCUT2D eigenvalue weighted by Crippen LogP contribution is 2.15. The molecular weight excluding hydrogens is 214 g/mol. The van der Waals surface area contributed by atoms with Crippen LogP contribution < -0.4 is 5.32 Å². The Balaban J connectivity index is 2.12. The normalized spacial score (nSPS) is 20.1. The number of pyridine rings is 1. The Labute approximate surface area is 102 Å². The zero-order valence-electron chi connectivity index (χ0n) is 10.4. The molecule has 1 saturated heterocycles. The quantitative estimate of drug-likeness (QED) is 0.834. The molecule has 92 valence electrons. The molecule has 0 bridgehead atoms. The molecule has 1 aliphatic heterocycles. The highest BCUT2D eigenvalue weighted by Gasteiger charge is 2.33. The van der Waals surface area contributed by atoms with Gasteiger partial charge >= 0.3 is 0 Å². The Hall–Kier alpha value is -1.42. The molecule has 2 rings (SSSR count). The van der Waals surface area contributed by atoms with Crippen molar-refractivity contribution in [1.82, 2.24) is 15.2 Å². The molecule has 1 amide bonds. The molecule has 2 heterocycles. The van der Waals surface area contributed by atoms with E-state index in [2.05, 4.69) is 10.3 Å². The van der Waals surface area contributed by atoms with Crippen molar-refractivity contribution in [3.63, 3.8) is 0 Å². The first-order chi connectivity index (χ1) is 8.09. The average Bonchev–Trinajstić information content (AvgIpc) is 2.44. The standard InChI is InChI=1S/C13H19N3O/c1-13(2)12(17)16(8-4-7-15-13)10-11-5-3-6-14-9-11/h3,5-6,9,15H,4,7-8,10H2,1-2H3. The topological polar surface area (TPSA) is 45.2 Å². The van der Waals surface area contributed by atoms with Crippen molar-refractivity contribution in [2.75, 3.05) is 13.1 Å². The van der Waals surface area contributed by atoms with Crippen molar-refractivity contribution in [2.24, 2.45) is 0 Å². The van der Waals surface area contributed by atoms with E-state index in [1.807, 2.05) is 37.1 Å². The van der Waals surface area contributed by atoms with Crippen LogP contribution in [0.5, 0.6) is 0 Å². The SMILES string of the molecule is CC1(C)NCCCN(Cc2cccnc2)C1=O. The van der Waals surface area contributed by atoms with Crippen LogP contribution in [0.15, 0.2) is 24.5 Å². The van der Waals surface area contributed by atoms with Crippen LogP contribution in [-0.2, 0) is 11.3 Å². The Bertz CT molecular complexity index is 389. The summed E-state index contributed by atoms with van der Waals surface area (Å²) in [4.78, 5) is 18.3. The Morgan fingerprint density at radius 1 is 1.53 bits per heavy atom. The lowest BCUT2D eigenvalue weighted by Crippen LogP contribution is -2.51. The van der Waals surface area contributed by atoms with Crippen LogP contribution >= 0.6 is 0 Å². The number of hydrogen-bond acceptors (Lipinski definition) is 3. The number of nitrogens with zero attached hydrogens (tertiary/aromatic N) is 2. The molecule has 1 N–H and O–H groups in total. The van der Waals surface area contributed by atoms with Gasteiger partial charge in [0.25, 0.3) is 0 Å². The van der Waals surface area contributed by atoms with E-state index in [1.165, 1.54) is 0 Å². The van der Waals surface area contributed by atoms with Crippen molar-refractivity contribution < 1.29 is 4.79 Å². The lowest BCUT2D eigenvalue weighted by atomic mass is 10.0. The van der Waals surface area contributed by atoms with Crippen molar-refractivity contribution in [1.29, 1.82) is 0 Å². The number of nitrogens with one attached hydrogen (secondary N) is 1. The Kier molecular flexibility index (Phi) is 3.43. The molecule has 0 unspecified atom stereocenters. The first kappa shape index (κ1) is 12.0. The molecule has 1 aliphatic rings. The van der Waals surface area contributed by atoms with Crippen molar-refractivity contribution >= 4 is 5.91 Å². The van der Waals surface area contributed by atoms with E-state index < -0.39 is 5.54 Å². The van der Waals surface area contributed by atoms with Gasteiger partial charge in [0.05, 0.1) is 5.54 Å². The highest BCUT2D eigenvalue weighted by atomic mass is 16.2. The van der Waals surface area contributed by atoms with E-state index in [0.717, 1.165) is 25.1 Å². The van der Waals surface area contributed by atoms with E-state index in [9.17, 15) is 4.79 Å². The van der Waals surface area contributed by atoms with Crippen LogP contribution in [0, 0.1) is 0 Å². The molecule has 0 aliphatic carbocycles. The number of carbonyl (C=O) groups excluding carboxylic acids is 1. The maximum absolute atomic E-state index is 12.3. The number of amides is 1. The van der Waals surface area contributed by atoms with Crippen LogP contribution in [-0.4, -0.2) is 34.4 Å². The third-order valence-electron chi connectivity index (χ3n) is 3.09.